The van der Waals surface area contributed by atoms with Gasteiger partial charge in [-0.25, -0.2) is 24.3 Å². The molecule has 0 aromatic heterocycles. The Morgan fingerprint density at radius 3 is 2.10 bits per heavy atom. The monoisotopic (exact) mass is 321 g/mol. The molecule has 0 spiro atoms. The van der Waals surface area contributed by atoms with Crippen molar-refractivity contribution in [2.45, 2.75) is 6.42 Å². The van der Waals surface area contributed by atoms with E-state index in [4.69, 9.17) is 5.11 Å². The van der Waals surface area contributed by atoms with Crippen molar-refractivity contribution in [3.63, 3.8) is 0 Å². The van der Waals surface area contributed by atoms with Crippen molar-refractivity contribution in [3.8, 4) is 5.75 Å². The number of anilines is 1. The Morgan fingerprint density at radius 2 is 1.57 bits per heavy atom. The third kappa shape index (κ3) is 6.84. The maximum Gasteiger partial charge on any atom is 2.00 e. The maximum atomic E-state index is 9.12. The van der Waals surface area contributed by atoms with Gasteiger partial charge in [0.25, 0.3) is 0 Å². The number of hydrogen-bond acceptors (Lipinski definition) is 2. The molecule has 21 heavy (non-hydrogen) atoms. The van der Waals surface area contributed by atoms with E-state index in [0.717, 1.165) is 18.7 Å². The van der Waals surface area contributed by atoms with E-state index in [1.54, 1.807) is 12.1 Å². The van der Waals surface area contributed by atoms with Crippen LogP contribution in [0, 0.1) is 0 Å². The van der Waals surface area contributed by atoms with Gasteiger partial charge in [-0.1, -0.05) is 17.8 Å². The molecule has 110 valence electrons. The summed E-state index contributed by atoms with van der Waals surface area (Å²) in [6.07, 6.45) is 0.964. The fourth-order valence-corrected chi connectivity index (χ4v) is 1.83. The number of nitrogens with one attached hydrogen (secondary N) is 1. The fourth-order valence-electron chi connectivity index (χ4n) is 1.83. The molecule has 0 heterocycles. The van der Waals surface area contributed by atoms with E-state index in [2.05, 4.69) is 17.4 Å². The van der Waals surface area contributed by atoms with E-state index >= 15 is 0 Å². The van der Waals surface area contributed by atoms with Gasteiger partial charge in [0.05, 0.1) is 0 Å². The predicted molar refractivity (Wildman–Crippen MR) is 84.4 cm³/mol. The summed E-state index contributed by atoms with van der Waals surface area (Å²) in [6, 6.07) is 25.5. The van der Waals surface area contributed by atoms with Crippen LogP contribution in [-0.2, 0) is 23.5 Å². The molecule has 3 aromatic rings. The van der Waals surface area contributed by atoms with Crippen LogP contribution in [0.3, 0.4) is 0 Å². The number of phenolic OH excluding ortho intramolecular Hbond substituents is 1. The molecule has 0 bridgehead atoms. The second kappa shape index (κ2) is 9.87. The first kappa shape index (κ1) is 17.1. The molecule has 3 heteroatoms. The van der Waals surface area contributed by atoms with Gasteiger partial charge >= 0.3 is 17.1 Å². The number of rotatable bonds is 4. The molecular weight excluding hydrogens is 302 g/mol. The van der Waals surface area contributed by atoms with Crippen molar-refractivity contribution in [1.82, 2.24) is 0 Å². The second-order valence-electron chi connectivity index (χ2n) is 4.48. The van der Waals surface area contributed by atoms with Crippen molar-refractivity contribution in [3.05, 3.63) is 84.4 Å². The molecular formula is C18H19FeNO. The standard InChI is InChI=1S/C13H14NO.C5H5.Fe/c15-13-7-5-11(6-8-13)9-10-14-12-3-1-2-4-12;1-2-4-5-3-1;/h1-8,14-15H,9-10H2;1-5H;/q2*-1;+2. The Labute approximate surface area is 136 Å². The number of benzene rings is 1. The molecule has 0 atom stereocenters. The summed E-state index contributed by atoms with van der Waals surface area (Å²) in [6.45, 7) is 0.911. The molecule has 0 fully saturated rings. The Kier molecular flexibility index (Phi) is 8.03. The summed E-state index contributed by atoms with van der Waals surface area (Å²) >= 11 is 0. The first-order valence-corrected chi connectivity index (χ1v) is 6.75. The summed E-state index contributed by atoms with van der Waals surface area (Å²) in [4.78, 5) is 0. The second-order valence-corrected chi connectivity index (χ2v) is 4.48. The van der Waals surface area contributed by atoms with Crippen molar-refractivity contribution in [1.29, 1.82) is 0 Å². The zero-order chi connectivity index (χ0) is 14.0. The normalized spacial score (nSPS) is 9.14. The maximum absolute atomic E-state index is 9.12. The zero-order valence-electron chi connectivity index (χ0n) is 11.7. The van der Waals surface area contributed by atoms with E-state index < -0.39 is 0 Å². The number of phenols is 1. The SMILES string of the molecule is Oc1ccc(CCN[c-]2cccc2)cc1.[Fe+2].c1cc[cH-]c1. The number of hydrogen-bond donors (Lipinski definition) is 2. The van der Waals surface area contributed by atoms with Gasteiger partial charge in [-0.05, 0) is 24.1 Å². The third-order valence-corrected chi connectivity index (χ3v) is 2.90. The Bertz CT molecular complexity index is 539. The van der Waals surface area contributed by atoms with E-state index in [0.29, 0.717) is 5.75 Å². The summed E-state index contributed by atoms with van der Waals surface area (Å²) in [5.74, 6) is 0.322. The fraction of sp³-hybridized carbons (Fsp3) is 0.111. The summed E-state index contributed by atoms with van der Waals surface area (Å²) in [5.41, 5.74) is 2.39. The van der Waals surface area contributed by atoms with Crippen LogP contribution in [0.5, 0.6) is 5.75 Å². The molecule has 3 rings (SSSR count). The van der Waals surface area contributed by atoms with Crippen molar-refractivity contribution < 1.29 is 22.2 Å². The average Bonchev–Trinajstić information content (AvgIpc) is 3.16. The van der Waals surface area contributed by atoms with Crippen LogP contribution < -0.4 is 5.32 Å². The van der Waals surface area contributed by atoms with Gasteiger partial charge in [-0.3, -0.25) is 0 Å². The van der Waals surface area contributed by atoms with Crippen LogP contribution >= 0.6 is 0 Å². The molecule has 3 aromatic carbocycles. The Hall–Kier alpha value is -1.96. The van der Waals surface area contributed by atoms with Gasteiger partial charge < -0.3 is 10.4 Å². The van der Waals surface area contributed by atoms with Crippen LogP contribution in [-0.4, -0.2) is 11.7 Å². The molecule has 2 N–H and O–H groups in total. The quantitative estimate of drug-likeness (QED) is 0.558. The number of aromatic hydroxyl groups is 1. The van der Waals surface area contributed by atoms with Crippen molar-refractivity contribution in [2.24, 2.45) is 0 Å². The van der Waals surface area contributed by atoms with Gasteiger partial charge in [-0.15, -0.1) is 0 Å². The van der Waals surface area contributed by atoms with E-state index in [1.165, 1.54) is 5.56 Å². The molecule has 0 amide bonds. The van der Waals surface area contributed by atoms with Crippen LogP contribution in [0.25, 0.3) is 0 Å². The molecule has 0 saturated heterocycles. The molecule has 2 nitrogen and oxygen atoms in total. The summed E-state index contributed by atoms with van der Waals surface area (Å²) in [7, 11) is 0. The first-order chi connectivity index (χ1) is 9.84. The Morgan fingerprint density at radius 1 is 0.952 bits per heavy atom. The van der Waals surface area contributed by atoms with Crippen LogP contribution in [0.15, 0.2) is 78.9 Å². The van der Waals surface area contributed by atoms with Crippen LogP contribution in [0.2, 0.25) is 0 Å². The average molecular weight is 321 g/mol. The van der Waals surface area contributed by atoms with Gasteiger partial charge in [0.2, 0.25) is 0 Å². The third-order valence-electron chi connectivity index (χ3n) is 2.90. The zero-order valence-corrected chi connectivity index (χ0v) is 12.8. The molecule has 0 radical (unpaired) electrons. The molecule has 0 aliphatic heterocycles. The van der Waals surface area contributed by atoms with Crippen molar-refractivity contribution in [2.75, 3.05) is 11.9 Å². The van der Waals surface area contributed by atoms with E-state index in [9.17, 15) is 0 Å². The minimum absolute atomic E-state index is 0. The van der Waals surface area contributed by atoms with E-state index in [-0.39, 0.29) is 17.1 Å². The summed E-state index contributed by atoms with van der Waals surface area (Å²) in [5, 5.41) is 12.4. The van der Waals surface area contributed by atoms with Gasteiger partial charge in [0.15, 0.2) is 0 Å². The molecule has 0 aliphatic carbocycles. The first-order valence-electron chi connectivity index (χ1n) is 6.75. The largest absolute Gasteiger partial charge is 2.00 e. The predicted octanol–water partition coefficient (Wildman–Crippen LogP) is 4.17. The minimum Gasteiger partial charge on any atom is -0.508 e. The Balaban J connectivity index is 0.000000313. The minimum atomic E-state index is 0. The van der Waals surface area contributed by atoms with Crippen molar-refractivity contribution >= 4 is 5.69 Å². The van der Waals surface area contributed by atoms with Crippen LogP contribution in [0.1, 0.15) is 5.56 Å². The molecule has 0 unspecified atom stereocenters. The van der Waals surface area contributed by atoms with Gasteiger partial charge in [-0.2, -0.15) is 30.3 Å². The molecule has 0 saturated carbocycles. The summed E-state index contributed by atoms with van der Waals surface area (Å²) < 4.78 is 0. The van der Waals surface area contributed by atoms with Gasteiger partial charge in [0.1, 0.15) is 5.75 Å². The smallest absolute Gasteiger partial charge is 0.508 e. The van der Waals surface area contributed by atoms with E-state index in [1.807, 2.05) is 54.6 Å². The van der Waals surface area contributed by atoms with Gasteiger partial charge in [0, 0.05) is 6.54 Å². The van der Waals surface area contributed by atoms with Crippen LogP contribution in [0.4, 0.5) is 5.69 Å². The topological polar surface area (TPSA) is 32.3 Å². The molecule has 0 aliphatic rings.